The predicted molar refractivity (Wildman–Crippen MR) is 112 cm³/mol. The Morgan fingerprint density at radius 3 is 2.67 bits per heavy atom. The van der Waals surface area contributed by atoms with Crippen molar-refractivity contribution in [3.05, 3.63) is 77.0 Å². The van der Waals surface area contributed by atoms with Crippen LogP contribution in [0.15, 0.2) is 65.9 Å². The maximum absolute atomic E-state index is 13.2. The van der Waals surface area contributed by atoms with Crippen molar-refractivity contribution in [2.75, 3.05) is 6.61 Å². The summed E-state index contributed by atoms with van der Waals surface area (Å²) in [5, 5.41) is 6.84. The predicted octanol–water partition coefficient (Wildman–Crippen LogP) is 4.54. The highest BCUT2D eigenvalue weighted by molar-refractivity contribution is 7.80. The second-order valence-electron chi connectivity index (χ2n) is 6.54. The van der Waals surface area contributed by atoms with Crippen molar-refractivity contribution >= 4 is 23.1 Å². The lowest BCUT2D eigenvalue weighted by Gasteiger charge is -2.30. The minimum Gasteiger partial charge on any atom is -0.494 e. The van der Waals surface area contributed by atoms with Crippen LogP contribution in [0.2, 0.25) is 0 Å². The quantitative estimate of drug-likeness (QED) is 0.420. The van der Waals surface area contributed by atoms with E-state index >= 15 is 0 Å². The van der Waals surface area contributed by atoms with Gasteiger partial charge in [-0.2, -0.15) is 0 Å². The monoisotopic (exact) mass is 380 g/mol. The van der Waals surface area contributed by atoms with E-state index in [9.17, 15) is 4.79 Å². The average molecular weight is 381 g/mol. The van der Waals surface area contributed by atoms with Crippen LogP contribution >= 0.6 is 12.2 Å². The van der Waals surface area contributed by atoms with Gasteiger partial charge in [-0.3, -0.25) is 4.79 Å². The first-order chi connectivity index (χ1) is 13.1. The largest absolute Gasteiger partial charge is 0.494 e. The molecule has 2 N–H and O–H groups in total. The highest BCUT2D eigenvalue weighted by atomic mass is 32.1. The Balaban J connectivity index is 1.94. The molecule has 1 aliphatic rings. The lowest BCUT2D eigenvalue weighted by atomic mass is 9.89. The van der Waals surface area contributed by atoms with E-state index in [4.69, 9.17) is 17.0 Å². The zero-order chi connectivity index (χ0) is 19.2. The second-order valence-corrected chi connectivity index (χ2v) is 6.95. The van der Waals surface area contributed by atoms with Crippen molar-refractivity contribution < 1.29 is 9.53 Å². The Hall–Kier alpha value is -2.66. The molecular formula is C22H24N2O2S. The number of ether oxygens (including phenoxy) is 1. The molecule has 1 unspecified atom stereocenters. The summed E-state index contributed by atoms with van der Waals surface area (Å²) < 4.78 is 5.83. The number of thiocarbonyl (C=S) groups is 1. The molecule has 1 heterocycles. The summed E-state index contributed by atoms with van der Waals surface area (Å²) in [6, 6.07) is 16.8. The number of hydrogen-bond donors (Lipinski definition) is 2. The topological polar surface area (TPSA) is 50.4 Å². The zero-order valence-electron chi connectivity index (χ0n) is 15.6. The maximum atomic E-state index is 13.2. The minimum atomic E-state index is -0.318. The number of carbonyl (C=O) groups is 1. The van der Waals surface area contributed by atoms with Crippen molar-refractivity contribution in [3.8, 4) is 5.75 Å². The van der Waals surface area contributed by atoms with Crippen LogP contribution in [0.4, 0.5) is 0 Å². The normalized spacial score (nSPS) is 16.5. The third-order valence-electron chi connectivity index (χ3n) is 4.51. The SMILES string of the molecule is CCCCOc1cccc(C2NC(=S)NC(C)=C2C(=O)c2ccccc2)c1. The Bertz CT molecular complexity index is 862. The van der Waals surface area contributed by atoms with Gasteiger partial charge in [0, 0.05) is 16.8 Å². The molecule has 0 aliphatic carbocycles. The molecule has 0 spiro atoms. The van der Waals surface area contributed by atoms with E-state index in [0.717, 1.165) is 29.9 Å². The lowest BCUT2D eigenvalue weighted by molar-refractivity contribution is 0.102. The molecule has 0 saturated heterocycles. The summed E-state index contributed by atoms with van der Waals surface area (Å²) >= 11 is 5.34. The van der Waals surface area contributed by atoms with Crippen LogP contribution in [0, 0.1) is 0 Å². The molecule has 0 amide bonds. The van der Waals surface area contributed by atoms with Crippen LogP contribution < -0.4 is 15.4 Å². The molecular weight excluding hydrogens is 356 g/mol. The van der Waals surface area contributed by atoms with Gasteiger partial charge in [0.05, 0.1) is 12.6 Å². The summed E-state index contributed by atoms with van der Waals surface area (Å²) in [5.74, 6) is 0.786. The third-order valence-corrected chi connectivity index (χ3v) is 4.73. The van der Waals surface area contributed by atoms with Crippen molar-refractivity contribution in [1.29, 1.82) is 0 Å². The molecule has 140 valence electrons. The molecule has 2 aromatic rings. The molecule has 4 nitrogen and oxygen atoms in total. The Morgan fingerprint density at radius 2 is 1.93 bits per heavy atom. The molecule has 0 saturated carbocycles. The van der Waals surface area contributed by atoms with Crippen LogP contribution in [0.5, 0.6) is 5.75 Å². The van der Waals surface area contributed by atoms with Crippen molar-refractivity contribution in [1.82, 2.24) is 10.6 Å². The van der Waals surface area contributed by atoms with E-state index in [2.05, 4.69) is 17.6 Å². The molecule has 0 aromatic heterocycles. The van der Waals surface area contributed by atoms with Gasteiger partial charge in [0.2, 0.25) is 0 Å². The molecule has 0 radical (unpaired) electrons. The van der Waals surface area contributed by atoms with Gasteiger partial charge in [-0.1, -0.05) is 55.8 Å². The number of carbonyl (C=O) groups excluding carboxylic acids is 1. The van der Waals surface area contributed by atoms with E-state index in [1.807, 2.05) is 61.5 Å². The van der Waals surface area contributed by atoms with E-state index in [1.54, 1.807) is 0 Å². The summed E-state index contributed by atoms with van der Waals surface area (Å²) in [4.78, 5) is 13.2. The van der Waals surface area contributed by atoms with Crippen molar-refractivity contribution in [2.45, 2.75) is 32.7 Å². The number of nitrogens with one attached hydrogen (secondary N) is 2. The first-order valence-corrected chi connectivity index (χ1v) is 9.61. The summed E-state index contributed by atoms with van der Waals surface area (Å²) in [5.41, 5.74) is 3.05. The van der Waals surface area contributed by atoms with E-state index < -0.39 is 0 Å². The molecule has 1 atom stereocenters. The summed E-state index contributed by atoms with van der Waals surface area (Å²) in [7, 11) is 0. The third kappa shape index (κ3) is 4.55. The van der Waals surface area contributed by atoms with E-state index in [1.165, 1.54) is 0 Å². The van der Waals surface area contributed by atoms with Gasteiger partial charge >= 0.3 is 0 Å². The van der Waals surface area contributed by atoms with Crippen LogP contribution in [0.3, 0.4) is 0 Å². The van der Waals surface area contributed by atoms with Gasteiger partial charge in [-0.15, -0.1) is 0 Å². The first kappa shape index (κ1) is 19.1. The molecule has 1 aliphatic heterocycles. The van der Waals surface area contributed by atoms with Crippen LogP contribution in [-0.2, 0) is 0 Å². The van der Waals surface area contributed by atoms with Crippen LogP contribution in [0.25, 0.3) is 0 Å². The van der Waals surface area contributed by atoms with Gasteiger partial charge in [-0.25, -0.2) is 0 Å². The number of ketones is 1. The van der Waals surface area contributed by atoms with Gasteiger partial charge in [0.15, 0.2) is 10.9 Å². The Kier molecular flexibility index (Phi) is 6.24. The number of benzene rings is 2. The fourth-order valence-corrected chi connectivity index (χ4v) is 3.38. The number of hydrogen-bond acceptors (Lipinski definition) is 3. The summed E-state index contributed by atoms with van der Waals surface area (Å²) in [6.45, 7) is 4.70. The van der Waals surface area contributed by atoms with Gasteiger partial charge < -0.3 is 15.4 Å². The van der Waals surface area contributed by atoms with E-state index in [0.29, 0.717) is 22.9 Å². The number of rotatable bonds is 7. The standard InChI is InChI=1S/C22H24N2O2S/c1-3-4-13-26-18-12-8-11-17(14-18)20-19(15(2)23-22(27)24-20)21(25)16-9-6-5-7-10-16/h5-12,14,20H,3-4,13H2,1-2H3,(H2,23,24,27). The highest BCUT2D eigenvalue weighted by Gasteiger charge is 2.30. The van der Waals surface area contributed by atoms with Crippen LogP contribution in [-0.4, -0.2) is 17.5 Å². The van der Waals surface area contributed by atoms with Crippen LogP contribution in [0.1, 0.15) is 48.7 Å². The molecule has 5 heteroatoms. The fourth-order valence-electron chi connectivity index (χ4n) is 3.11. The fraction of sp³-hybridized carbons (Fsp3) is 0.273. The molecule has 2 aromatic carbocycles. The second kappa shape index (κ2) is 8.82. The number of Topliss-reactive ketones (excluding diaryl/α,β-unsaturated/α-hetero) is 1. The first-order valence-electron chi connectivity index (χ1n) is 9.21. The zero-order valence-corrected chi connectivity index (χ0v) is 16.4. The van der Waals surface area contributed by atoms with Gasteiger partial charge in [0.25, 0.3) is 0 Å². The summed E-state index contributed by atoms with van der Waals surface area (Å²) in [6.07, 6.45) is 2.10. The van der Waals surface area contributed by atoms with Gasteiger partial charge in [0.1, 0.15) is 5.75 Å². The van der Waals surface area contributed by atoms with Crippen molar-refractivity contribution in [2.24, 2.45) is 0 Å². The minimum absolute atomic E-state index is 0.0158. The Labute approximate surface area is 165 Å². The average Bonchev–Trinajstić information content (AvgIpc) is 2.68. The van der Waals surface area contributed by atoms with E-state index in [-0.39, 0.29) is 11.8 Å². The highest BCUT2D eigenvalue weighted by Crippen LogP contribution is 2.31. The Morgan fingerprint density at radius 1 is 1.15 bits per heavy atom. The van der Waals surface area contributed by atoms with Crippen molar-refractivity contribution in [3.63, 3.8) is 0 Å². The molecule has 0 fully saturated rings. The molecule has 0 bridgehead atoms. The molecule has 3 rings (SSSR count). The lowest BCUT2D eigenvalue weighted by Crippen LogP contribution is -2.44. The molecule has 27 heavy (non-hydrogen) atoms. The smallest absolute Gasteiger partial charge is 0.193 e. The maximum Gasteiger partial charge on any atom is 0.193 e. The van der Waals surface area contributed by atoms with Gasteiger partial charge in [-0.05, 0) is 43.3 Å². The number of unbranched alkanes of at least 4 members (excludes halogenated alkanes) is 1. The number of allylic oxidation sites excluding steroid dienone is 1.